The first-order valence-corrected chi connectivity index (χ1v) is 15.0. The molecule has 4 rings (SSSR count). The van der Waals surface area contributed by atoms with Gasteiger partial charge in [0.1, 0.15) is 22.9 Å². The summed E-state index contributed by atoms with van der Waals surface area (Å²) in [6.45, 7) is 5.52. The van der Waals surface area contributed by atoms with Crippen LogP contribution in [0.4, 0.5) is 4.79 Å². The quantitative estimate of drug-likeness (QED) is 0.187. The molecule has 3 N–H and O–H groups in total. The van der Waals surface area contributed by atoms with Crippen LogP contribution in [0.15, 0.2) is 115 Å². The molecule has 234 valence electrons. The van der Waals surface area contributed by atoms with Crippen molar-refractivity contribution in [2.45, 2.75) is 50.8 Å². The molecule has 8 heteroatoms. The monoisotopic (exact) mass is 607 g/mol. The minimum Gasteiger partial charge on any atom is -0.508 e. The zero-order valence-electron chi connectivity index (χ0n) is 26.2. The fourth-order valence-electron chi connectivity index (χ4n) is 5.21. The third kappa shape index (κ3) is 8.72. The van der Waals surface area contributed by atoms with Crippen LogP contribution in [-0.2, 0) is 26.3 Å². The largest absolute Gasteiger partial charge is 0.508 e. The lowest BCUT2D eigenvalue weighted by atomic mass is 9.77. The van der Waals surface area contributed by atoms with Gasteiger partial charge in [0.25, 0.3) is 0 Å². The van der Waals surface area contributed by atoms with Gasteiger partial charge in [-0.3, -0.25) is 9.59 Å². The fourth-order valence-corrected chi connectivity index (χ4v) is 5.21. The van der Waals surface area contributed by atoms with E-state index in [4.69, 9.17) is 4.74 Å². The zero-order valence-corrected chi connectivity index (χ0v) is 26.2. The van der Waals surface area contributed by atoms with Gasteiger partial charge < -0.3 is 25.4 Å². The summed E-state index contributed by atoms with van der Waals surface area (Å²) >= 11 is 0. The van der Waals surface area contributed by atoms with Crippen molar-refractivity contribution < 1.29 is 24.2 Å². The van der Waals surface area contributed by atoms with Crippen molar-refractivity contribution in [3.05, 3.63) is 138 Å². The van der Waals surface area contributed by atoms with E-state index in [0.29, 0.717) is 13.0 Å². The standard InChI is InChI=1S/C37H41N3O5/c1-36(2,3)45-35(44)38-32(34(43)40(4)25-24-27-20-22-31(41)23-21-27)26-33(42)39-37(28-14-8-5-9-15-28,29-16-10-6-11-17-29)30-18-12-7-13-19-30/h5-23,32,41H,24-26H2,1-4H3,(H,38,44)(H,39,42). The first-order chi connectivity index (χ1) is 21.5. The maximum atomic E-state index is 14.1. The highest BCUT2D eigenvalue weighted by atomic mass is 16.6. The number of carbonyl (C=O) groups is 3. The highest BCUT2D eigenvalue weighted by Gasteiger charge is 2.39. The molecule has 0 aliphatic rings. The summed E-state index contributed by atoms with van der Waals surface area (Å²) in [5.41, 5.74) is 1.57. The van der Waals surface area contributed by atoms with Crippen molar-refractivity contribution in [2.24, 2.45) is 0 Å². The number of carbonyl (C=O) groups excluding carboxylic acids is 3. The van der Waals surface area contributed by atoms with Gasteiger partial charge in [0, 0.05) is 13.6 Å². The molecular formula is C37H41N3O5. The van der Waals surface area contributed by atoms with Crippen molar-refractivity contribution in [1.82, 2.24) is 15.5 Å². The van der Waals surface area contributed by atoms with Crippen molar-refractivity contribution in [1.29, 1.82) is 0 Å². The Hall–Kier alpha value is -5.11. The van der Waals surface area contributed by atoms with E-state index in [-0.39, 0.29) is 12.2 Å². The molecule has 8 nitrogen and oxygen atoms in total. The minimum absolute atomic E-state index is 0.161. The minimum atomic E-state index is -1.19. The number of amides is 3. The van der Waals surface area contributed by atoms with E-state index in [0.717, 1.165) is 22.3 Å². The Morgan fingerprint density at radius 2 is 1.22 bits per heavy atom. The Morgan fingerprint density at radius 3 is 1.67 bits per heavy atom. The number of ether oxygens (including phenoxy) is 1. The third-order valence-corrected chi connectivity index (χ3v) is 7.37. The Balaban J connectivity index is 1.65. The normalized spacial score (nSPS) is 12.1. The van der Waals surface area contributed by atoms with Crippen LogP contribution in [0.2, 0.25) is 0 Å². The summed E-state index contributed by atoms with van der Waals surface area (Å²) in [6, 6.07) is 34.6. The predicted molar refractivity (Wildman–Crippen MR) is 175 cm³/mol. The number of hydrogen-bond donors (Lipinski definition) is 3. The van der Waals surface area contributed by atoms with Crippen LogP contribution in [0.1, 0.15) is 49.4 Å². The van der Waals surface area contributed by atoms with Crippen LogP contribution < -0.4 is 10.6 Å². The highest BCUT2D eigenvalue weighted by Crippen LogP contribution is 2.37. The molecule has 4 aromatic carbocycles. The van der Waals surface area contributed by atoms with E-state index in [1.54, 1.807) is 52.1 Å². The molecule has 3 amide bonds. The van der Waals surface area contributed by atoms with E-state index < -0.39 is 35.1 Å². The lowest BCUT2D eigenvalue weighted by Crippen LogP contribution is -2.53. The van der Waals surface area contributed by atoms with Gasteiger partial charge in [-0.15, -0.1) is 0 Å². The van der Waals surface area contributed by atoms with Crippen LogP contribution in [0.3, 0.4) is 0 Å². The molecule has 0 spiro atoms. The second kappa shape index (κ2) is 14.6. The summed E-state index contributed by atoms with van der Waals surface area (Å²) in [6.07, 6.45) is -0.593. The fraction of sp³-hybridized carbons (Fsp3) is 0.270. The van der Waals surface area contributed by atoms with E-state index in [1.165, 1.54) is 4.90 Å². The Morgan fingerprint density at radius 1 is 0.756 bits per heavy atom. The topological polar surface area (TPSA) is 108 Å². The van der Waals surface area contributed by atoms with Crippen molar-refractivity contribution >= 4 is 17.9 Å². The summed E-state index contributed by atoms with van der Waals surface area (Å²) < 4.78 is 5.45. The number of benzene rings is 4. The second-order valence-electron chi connectivity index (χ2n) is 12.0. The summed E-state index contributed by atoms with van der Waals surface area (Å²) in [7, 11) is 1.63. The molecule has 1 unspecified atom stereocenters. The molecule has 0 bridgehead atoms. The van der Waals surface area contributed by atoms with Gasteiger partial charge in [0.2, 0.25) is 11.8 Å². The van der Waals surface area contributed by atoms with Crippen LogP contribution in [-0.4, -0.2) is 53.1 Å². The Kier molecular flexibility index (Phi) is 10.6. The smallest absolute Gasteiger partial charge is 0.408 e. The summed E-state index contributed by atoms with van der Waals surface area (Å²) in [4.78, 5) is 42.2. The molecule has 0 radical (unpaired) electrons. The number of hydrogen-bond acceptors (Lipinski definition) is 5. The van der Waals surface area contributed by atoms with Gasteiger partial charge >= 0.3 is 6.09 Å². The lowest BCUT2D eigenvalue weighted by Gasteiger charge is -2.37. The average Bonchev–Trinajstić information content (AvgIpc) is 3.03. The number of phenolic OH excluding ortho intramolecular Hbond substituents is 1. The number of nitrogens with one attached hydrogen (secondary N) is 2. The number of alkyl carbamates (subject to hydrolysis) is 1. The van der Waals surface area contributed by atoms with Crippen molar-refractivity contribution in [3.63, 3.8) is 0 Å². The van der Waals surface area contributed by atoms with E-state index in [1.807, 2.05) is 91.0 Å². The molecule has 0 fully saturated rings. The molecule has 0 aliphatic heterocycles. The van der Waals surface area contributed by atoms with Gasteiger partial charge in [-0.25, -0.2) is 4.79 Å². The van der Waals surface area contributed by atoms with Gasteiger partial charge in [-0.05, 0) is 61.6 Å². The molecule has 1 atom stereocenters. The molecule has 0 saturated carbocycles. The van der Waals surface area contributed by atoms with Gasteiger partial charge in [-0.1, -0.05) is 103 Å². The van der Waals surface area contributed by atoms with Crippen LogP contribution in [0.25, 0.3) is 0 Å². The van der Waals surface area contributed by atoms with Crippen LogP contribution >= 0.6 is 0 Å². The maximum absolute atomic E-state index is 14.1. The summed E-state index contributed by atoms with van der Waals surface area (Å²) in [5, 5.41) is 15.5. The number of rotatable bonds is 11. The molecule has 0 saturated heterocycles. The van der Waals surface area contributed by atoms with Crippen LogP contribution in [0.5, 0.6) is 5.75 Å². The highest BCUT2D eigenvalue weighted by molar-refractivity contribution is 5.91. The first kappa shape index (κ1) is 32.8. The lowest BCUT2D eigenvalue weighted by molar-refractivity contribution is -0.135. The molecular weight excluding hydrogens is 566 g/mol. The SMILES string of the molecule is CN(CCc1ccc(O)cc1)C(=O)C(CC(=O)NC(c1ccccc1)(c1ccccc1)c1ccccc1)NC(=O)OC(C)(C)C. The molecule has 45 heavy (non-hydrogen) atoms. The summed E-state index contributed by atoms with van der Waals surface area (Å²) in [5.74, 6) is -0.708. The molecule has 0 heterocycles. The average molecular weight is 608 g/mol. The number of nitrogens with zero attached hydrogens (tertiary/aromatic N) is 1. The second-order valence-corrected chi connectivity index (χ2v) is 12.0. The van der Waals surface area contributed by atoms with Crippen molar-refractivity contribution in [3.8, 4) is 5.75 Å². The maximum Gasteiger partial charge on any atom is 0.408 e. The number of likely N-dealkylation sites (N-methyl/N-ethyl adjacent to an activating group) is 1. The number of aromatic hydroxyl groups is 1. The van der Waals surface area contributed by atoms with Crippen molar-refractivity contribution in [2.75, 3.05) is 13.6 Å². The molecule has 4 aromatic rings. The van der Waals surface area contributed by atoms with E-state index in [2.05, 4.69) is 10.6 Å². The Labute approximate surface area is 265 Å². The number of phenols is 1. The van der Waals surface area contributed by atoms with Crippen LogP contribution in [0, 0.1) is 0 Å². The Bertz CT molecular complexity index is 1460. The van der Waals surface area contributed by atoms with Gasteiger partial charge in [0.15, 0.2) is 0 Å². The van der Waals surface area contributed by atoms with Gasteiger partial charge in [-0.2, -0.15) is 0 Å². The van der Waals surface area contributed by atoms with Gasteiger partial charge in [0.05, 0.1) is 6.42 Å². The van der Waals surface area contributed by atoms with E-state index >= 15 is 0 Å². The van der Waals surface area contributed by atoms with E-state index in [9.17, 15) is 19.5 Å². The predicted octanol–water partition coefficient (Wildman–Crippen LogP) is 5.78. The molecule has 0 aromatic heterocycles. The first-order valence-electron chi connectivity index (χ1n) is 15.0. The zero-order chi connectivity index (χ0) is 32.5. The third-order valence-electron chi connectivity index (χ3n) is 7.37. The molecule has 0 aliphatic carbocycles.